The van der Waals surface area contributed by atoms with Gasteiger partial charge >= 0.3 is 6.03 Å². The molecule has 1 atom stereocenters. The third kappa shape index (κ3) is 4.63. The first kappa shape index (κ1) is 22.1. The molecule has 2 N–H and O–H groups in total. The molecule has 0 radical (unpaired) electrons. The Balaban J connectivity index is 1.72. The lowest BCUT2D eigenvalue weighted by Gasteiger charge is -2.22. The van der Waals surface area contributed by atoms with Crippen LogP contribution >= 0.6 is 0 Å². The highest BCUT2D eigenvalue weighted by atomic mass is 19.1. The zero-order chi connectivity index (χ0) is 22.8. The molecule has 0 saturated carbocycles. The molecule has 31 heavy (non-hydrogen) atoms. The van der Waals surface area contributed by atoms with Crippen molar-refractivity contribution in [2.45, 2.75) is 32.7 Å². The Hall–Kier alpha value is -3.55. The maximum atomic E-state index is 14.4. The van der Waals surface area contributed by atoms with E-state index in [9.17, 15) is 23.6 Å². The topological polar surface area (TPSA) is 95.6 Å². The van der Waals surface area contributed by atoms with Crippen molar-refractivity contribution in [3.05, 3.63) is 70.5 Å². The molecule has 0 aromatic heterocycles. The van der Waals surface area contributed by atoms with Crippen LogP contribution in [0.4, 0.5) is 9.18 Å². The first-order chi connectivity index (χ1) is 14.6. The summed E-state index contributed by atoms with van der Waals surface area (Å²) in [5.41, 5.74) is 0.765. The fourth-order valence-corrected chi connectivity index (χ4v) is 3.45. The Kier molecular flexibility index (Phi) is 6.19. The molecule has 0 spiro atoms. The fourth-order valence-electron chi connectivity index (χ4n) is 3.45. The summed E-state index contributed by atoms with van der Waals surface area (Å²) in [5, 5.41) is 5.23. The van der Waals surface area contributed by atoms with Crippen LogP contribution < -0.4 is 10.6 Å². The van der Waals surface area contributed by atoms with Crippen LogP contribution in [0.15, 0.2) is 42.5 Å². The minimum atomic E-state index is -1.27. The number of nitrogens with one attached hydrogen (secondary N) is 2. The van der Waals surface area contributed by atoms with Crippen LogP contribution in [0.3, 0.4) is 0 Å². The van der Waals surface area contributed by atoms with Gasteiger partial charge in [-0.25, -0.2) is 9.18 Å². The highest BCUT2D eigenvalue weighted by Crippen LogP contribution is 2.29. The summed E-state index contributed by atoms with van der Waals surface area (Å²) in [6, 6.07) is 10.5. The average Bonchev–Trinajstić information content (AvgIpc) is 2.93. The predicted octanol–water partition coefficient (Wildman–Crippen LogP) is 2.46. The molecule has 8 heteroatoms. The van der Waals surface area contributed by atoms with E-state index in [-0.39, 0.29) is 24.4 Å². The first-order valence-corrected chi connectivity index (χ1v) is 9.89. The molecule has 3 rings (SSSR count). The monoisotopic (exact) mass is 425 g/mol. The highest BCUT2D eigenvalue weighted by Gasteiger charge is 2.49. The number of aryl methyl sites for hydroxylation is 1. The molecule has 162 valence electrons. The van der Waals surface area contributed by atoms with Gasteiger partial charge in [0.15, 0.2) is 5.78 Å². The Morgan fingerprint density at radius 1 is 1.13 bits per heavy atom. The summed E-state index contributed by atoms with van der Waals surface area (Å²) in [4.78, 5) is 49.8. The van der Waals surface area contributed by atoms with Gasteiger partial charge in [0.2, 0.25) is 5.91 Å². The lowest BCUT2D eigenvalue weighted by Crippen LogP contribution is -2.41. The number of Topliss-reactive ketones (excluding diaryl/α,β-unsaturated/α-hetero) is 1. The second kappa shape index (κ2) is 8.67. The third-order valence-electron chi connectivity index (χ3n) is 5.35. The van der Waals surface area contributed by atoms with E-state index in [0.717, 1.165) is 16.5 Å². The van der Waals surface area contributed by atoms with Gasteiger partial charge in [-0.3, -0.25) is 19.3 Å². The van der Waals surface area contributed by atoms with Crippen molar-refractivity contribution in [2.75, 3.05) is 13.1 Å². The quantitative estimate of drug-likeness (QED) is 0.526. The number of rotatable bonds is 7. The summed E-state index contributed by atoms with van der Waals surface area (Å²) in [6.45, 7) is 4.66. The summed E-state index contributed by atoms with van der Waals surface area (Å²) in [5.74, 6) is -1.89. The van der Waals surface area contributed by atoms with Crippen molar-refractivity contribution < 1.29 is 23.6 Å². The van der Waals surface area contributed by atoms with Crippen molar-refractivity contribution in [1.82, 2.24) is 15.5 Å². The highest BCUT2D eigenvalue weighted by molar-refractivity contribution is 6.11. The van der Waals surface area contributed by atoms with Crippen molar-refractivity contribution in [1.29, 1.82) is 0 Å². The van der Waals surface area contributed by atoms with Crippen molar-refractivity contribution in [2.24, 2.45) is 0 Å². The van der Waals surface area contributed by atoms with E-state index in [1.165, 1.54) is 19.1 Å². The van der Waals surface area contributed by atoms with Crippen LogP contribution in [0.25, 0.3) is 0 Å². The molecular formula is C23H24FN3O4. The molecule has 7 nitrogen and oxygen atoms in total. The second-order valence-corrected chi connectivity index (χ2v) is 7.77. The molecule has 1 saturated heterocycles. The standard InChI is InChI=1S/C23H24FN3O4/c1-14-4-8-18(9-5-14)23(3)21(30)27(22(31)26-23)13-20(29)17-7-6-16(19(24)12-17)10-11-25-15(2)28/h4-9,12H,10-11,13H2,1-3H3,(H,25,28)(H,26,31). The maximum absolute atomic E-state index is 14.4. The van der Waals surface area contributed by atoms with Gasteiger partial charge in [0.1, 0.15) is 11.4 Å². The molecule has 1 unspecified atom stereocenters. The molecule has 1 aliphatic heterocycles. The molecule has 1 aliphatic rings. The third-order valence-corrected chi connectivity index (χ3v) is 5.35. The minimum absolute atomic E-state index is 0.0605. The van der Waals surface area contributed by atoms with Crippen molar-refractivity contribution >= 4 is 23.6 Å². The van der Waals surface area contributed by atoms with Crippen LogP contribution in [-0.2, 0) is 21.5 Å². The molecule has 2 aromatic carbocycles. The number of halogens is 1. The summed E-state index contributed by atoms with van der Waals surface area (Å²) in [7, 11) is 0. The van der Waals surface area contributed by atoms with E-state index in [1.54, 1.807) is 19.1 Å². The average molecular weight is 425 g/mol. The number of carbonyl (C=O) groups is 4. The molecule has 1 fully saturated rings. The normalized spacial score (nSPS) is 18.1. The Morgan fingerprint density at radius 3 is 2.42 bits per heavy atom. The molecule has 2 aromatic rings. The molecule has 0 aliphatic carbocycles. The molecule has 0 bridgehead atoms. The van der Waals surface area contributed by atoms with E-state index >= 15 is 0 Å². The van der Waals surface area contributed by atoms with Gasteiger partial charge in [0.05, 0.1) is 6.54 Å². The molecular weight excluding hydrogens is 401 g/mol. The lowest BCUT2D eigenvalue weighted by molar-refractivity contribution is -0.130. The number of ketones is 1. The zero-order valence-electron chi connectivity index (χ0n) is 17.6. The van der Waals surface area contributed by atoms with Crippen LogP contribution in [0.5, 0.6) is 0 Å². The van der Waals surface area contributed by atoms with Crippen LogP contribution in [0, 0.1) is 12.7 Å². The van der Waals surface area contributed by atoms with Gasteiger partial charge in [0, 0.05) is 19.0 Å². The number of urea groups is 1. The van der Waals surface area contributed by atoms with Gasteiger partial charge in [0.25, 0.3) is 5.91 Å². The summed E-state index contributed by atoms with van der Waals surface area (Å²) in [6.07, 6.45) is 0.280. The Labute approximate surface area is 179 Å². The van der Waals surface area contributed by atoms with Crippen LogP contribution in [-0.4, -0.2) is 41.6 Å². The van der Waals surface area contributed by atoms with Crippen LogP contribution in [0.2, 0.25) is 0 Å². The maximum Gasteiger partial charge on any atom is 0.325 e. The summed E-state index contributed by atoms with van der Waals surface area (Å²) >= 11 is 0. The van der Waals surface area contributed by atoms with E-state index in [0.29, 0.717) is 11.1 Å². The number of hydrogen-bond acceptors (Lipinski definition) is 4. The zero-order valence-corrected chi connectivity index (χ0v) is 17.6. The second-order valence-electron chi connectivity index (χ2n) is 7.77. The van der Waals surface area contributed by atoms with Crippen LogP contribution in [0.1, 0.15) is 40.9 Å². The smallest absolute Gasteiger partial charge is 0.325 e. The number of nitrogens with zero attached hydrogens (tertiary/aromatic N) is 1. The van der Waals surface area contributed by atoms with Crippen molar-refractivity contribution in [3.8, 4) is 0 Å². The molecule has 4 amide bonds. The SMILES string of the molecule is CC(=O)NCCc1ccc(C(=O)CN2C(=O)NC(C)(c3ccc(C)cc3)C2=O)cc1F. The van der Waals surface area contributed by atoms with Gasteiger partial charge in [-0.2, -0.15) is 0 Å². The number of amides is 4. The van der Waals surface area contributed by atoms with E-state index in [2.05, 4.69) is 10.6 Å². The first-order valence-electron chi connectivity index (χ1n) is 9.89. The Morgan fingerprint density at radius 2 is 1.81 bits per heavy atom. The van der Waals surface area contributed by atoms with Crippen molar-refractivity contribution in [3.63, 3.8) is 0 Å². The van der Waals surface area contributed by atoms with Gasteiger partial charge in [-0.1, -0.05) is 42.0 Å². The lowest BCUT2D eigenvalue weighted by atomic mass is 9.91. The predicted molar refractivity (Wildman–Crippen MR) is 112 cm³/mol. The number of imide groups is 1. The van der Waals surface area contributed by atoms with E-state index in [1.807, 2.05) is 19.1 Å². The van der Waals surface area contributed by atoms with Gasteiger partial charge in [-0.05, 0) is 37.5 Å². The number of hydrogen-bond donors (Lipinski definition) is 2. The minimum Gasteiger partial charge on any atom is -0.356 e. The largest absolute Gasteiger partial charge is 0.356 e. The molecule has 1 heterocycles. The van der Waals surface area contributed by atoms with Gasteiger partial charge in [-0.15, -0.1) is 0 Å². The van der Waals surface area contributed by atoms with E-state index in [4.69, 9.17) is 0 Å². The van der Waals surface area contributed by atoms with E-state index < -0.39 is 35.6 Å². The number of carbonyl (C=O) groups excluding carboxylic acids is 4. The summed E-state index contributed by atoms with van der Waals surface area (Å²) < 4.78 is 14.4. The van der Waals surface area contributed by atoms with Gasteiger partial charge < -0.3 is 10.6 Å². The Bertz CT molecular complexity index is 1050. The fraction of sp³-hybridized carbons (Fsp3) is 0.304. The number of benzene rings is 2.